The van der Waals surface area contributed by atoms with Crippen LogP contribution in [0, 0.1) is 0 Å². The Kier molecular flexibility index (Phi) is 3.46. The summed E-state index contributed by atoms with van der Waals surface area (Å²) in [6.07, 6.45) is 3.29. The largest absolute Gasteiger partial charge is 0.337 e. The van der Waals surface area contributed by atoms with Crippen LogP contribution in [0.5, 0.6) is 0 Å². The maximum Gasteiger partial charge on any atom is 0.257 e. The standard InChI is InChI=1S/C13H15N5O2S/c1-8(19)15-13-16-11(7-21-13)10-5-18(6-10)12(20)9-3-14-17(2)4-9/h3-4,7,10H,5-6H2,1-2H3,(H,15,16,19). The van der Waals surface area contributed by atoms with Crippen LogP contribution >= 0.6 is 11.3 Å². The molecule has 0 spiro atoms. The molecule has 1 saturated heterocycles. The van der Waals surface area contributed by atoms with E-state index < -0.39 is 0 Å². The highest BCUT2D eigenvalue weighted by atomic mass is 32.1. The lowest BCUT2D eigenvalue weighted by Gasteiger charge is -2.38. The maximum atomic E-state index is 12.2. The van der Waals surface area contributed by atoms with Gasteiger partial charge >= 0.3 is 0 Å². The van der Waals surface area contributed by atoms with Gasteiger partial charge in [-0.3, -0.25) is 14.3 Å². The van der Waals surface area contributed by atoms with E-state index in [9.17, 15) is 9.59 Å². The lowest BCUT2D eigenvalue weighted by molar-refractivity contribution is -0.114. The first-order chi connectivity index (χ1) is 10.0. The van der Waals surface area contributed by atoms with Crippen LogP contribution in [-0.2, 0) is 11.8 Å². The Balaban J connectivity index is 1.59. The van der Waals surface area contributed by atoms with Gasteiger partial charge in [0.1, 0.15) is 0 Å². The number of aryl methyl sites for hydroxylation is 1. The van der Waals surface area contributed by atoms with E-state index in [0.717, 1.165) is 5.69 Å². The van der Waals surface area contributed by atoms with Crippen molar-refractivity contribution in [1.82, 2.24) is 19.7 Å². The van der Waals surface area contributed by atoms with E-state index in [-0.39, 0.29) is 17.7 Å². The summed E-state index contributed by atoms with van der Waals surface area (Å²) in [5.74, 6) is 0.110. The highest BCUT2D eigenvalue weighted by Gasteiger charge is 2.34. The first-order valence-corrected chi connectivity index (χ1v) is 7.42. The summed E-state index contributed by atoms with van der Waals surface area (Å²) in [5, 5.41) is 9.21. The minimum Gasteiger partial charge on any atom is -0.337 e. The van der Waals surface area contributed by atoms with Crippen molar-refractivity contribution in [3.63, 3.8) is 0 Å². The molecule has 1 N–H and O–H groups in total. The molecule has 8 heteroatoms. The fourth-order valence-corrected chi connectivity index (χ4v) is 3.07. The van der Waals surface area contributed by atoms with Gasteiger partial charge in [0.15, 0.2) is 5.13 Å². The molecular weight excluding hydrogens is 290 g/mol. The Morgan fingerprint density at radius 2 is 2.19 bits per heavy atom. The number of amides is 2. The molecule has 1 aliphatic heterocycles. The number of thiazole rings is 1. The lowest BCUT2D eigenvalue weighted by atomic mass is 9.96. The van der Waals surface area contributed by atoms with Gasteiger partial charge in [-0.1, -0.05) is 0 Å². The number of anilines is 1. The Bertz CT molecular complexity index is 686. The monoisotopic (exact) mass is 305 g/mol. The van der Waals surface area contributed by atoms with Crippen LogP contribution in [0.1, 0.15) is 28.9 Å². The van der Waals surface area contributed by atoms with Crippen LogP contribution in [0.4, 0.5) is 5.13 Å². The Morgan fingerprint density at radius 1 is 1.43 bits per heavy atom. The van der Waals surface area contributed by atoms with E-state index in [1.165, 1.54) is 18.3 Å². The molecular formula is C13H15N5O2S. The van der Waals surface area contributed by atoms with Crippen molar-refractivity contribution >= 4 is 28.3 Å². The summed E-state index contributed by atoms with van der Waals surface area (Å²) in [5.41, 5.74) is 1.53. The van der Waals surface area contributed by atoms with Gasteiger partial charge in [-0.15, -0.1) is 11.3 Å². The second-order valence-corrected chi connectivity index (χ2v) is 5.93. The van der Waals surface area contributed by atoms with Gasteiger partial charge in [-0.25, -0.2) is 4.98 Å². The first-order valence-electron chi connectivity index (χ1n) is 6.54. The Labute approximate surface area is 125 Å². The zero-order chi connectivity index (χ0) is 15.0. The van der Waals surface area contributed by atoms with Gasteiger partial charge in [0.25, 0.3) is 5.91 Å². The molecule has 3 heterocycles. The molecule has 0 aromatic carbocycles. The summed E-state index contributed by atoms with van der Waals surface area (Å²) in [7, 11) is 1.79. The number of nitrogens with one attached hydrogen (secondary N) is 1. The van der Waals surface area contributed by atoms with Crippen molar-refractivity contribution in [2.75, 3.05) is 18.4 Å². The van der Waals surface area contributed by atoms with Gasteiger partial charge in [-0.2, -0.15) is 5.10 Å². The molecule has 2 aromatic heterocycles. The third kappa shape index (κ3) is 2.80. The van der Waals surface area contributed by atoms with E-state index in [4.69, 9.17) is 0 Å². The molecule has 0 aliphatic carbocycles. The number of likely N-dealkylation sites (tertiary alicyclic amines) is 1. The van der Waals surface area contributed by atoms with Gasteiger partial charge in [0.2, 0.25) is 5.91 Å². The van der Waals surface area contributed by atoms with E-state index in [1.807, 2.05) is 5.38 Å². The van der Waals surface area contributed by atoms with E-state index >= 15 is 0 Å². The number of carbonyl (C=O) groups excluding carboxylic acids is 2. The molecule has 21 heavy (non-hydrogen) atoms. The number of aromatic nitrogens is 3. The van der Waals surface area contributed by atoms with Crippen LogP contribution < -0.4 is 5.32 Å². The Hall–Kier alpha value is -2.22. The van der Waals surface area contributed by atoms with Crippen molar-refractivity contribution in [2.45, 2.75) is 12.8 Å². The highest BCUT2D eigenvalue weighted by molar-refractivity contribution is 7.13. The molecule has 0 bridgehead atoms. The molecule has 1 fully saturated rings. The van der Waals surface area contributed by atoms with Crippen LogP contribution in [-0.4, -0.2) is 44.6 Å². The van der Waals surface area contributed by atoms with Crippen molar-refractivity contribution in [1.29, 1.82) is 0 Å². The zero-order valence-corrected chi connectivity index (χ0v) is 12.6. The van der Waals surface area contributed by atoms with Crippen molar-refractivity contribution < 1.29 is 9.59 Å². The second-order valence-electron chi connectivity index (χ2n) is 5.07. The smallest absolute Gasteiger partial charge is 0.257 e. The van der Waals surface area contributed by atoms with E-state index in [0.29, 0.717) is 23.8 Å². The van der Waals surface area contributed by atoms with Crippen LogP contribution in [0.25, 0.3) is 0 Å². The number of carbonyl (C=O) groups is 2. The third-order valence-electron chi connectivity index (χ3n) is 3.34. The average molecular weight is 305 g/mol. The average Bonchev–Trinajstić information content (AvgIpc) is 2.96. The summed E-state index contributed by atoms with van der Waals surface area (Å²) in [4.78, 5) is 29.3. The topological polar surface area (TPSA) is 80.1 Å². The molecule has 0 atom stereocenters. The van der Waals surface area contributed by atoms with Gasteiger partial charge in [0, 0.05) is 44.6 Å². The zero-order valence-electron chi connectivity index (χ0n) is 11.7. The molecule has 2 aromatic rings. The molecule has 1 aliphatic rings. The first kappa shape index (κ1) is 13.7. The molecule has 110 valence electrons. The normalized spacial score (nSPS) is 14.9. The number of rotatable bonds is 3. The van der Waals surface area contributed by atoms with Gasteiger partial charge in [0.05, 0.1) is 17.5 Å². The number of hydrogen-bond acceptors (Lipinski definition) is 5. The van der Waals surface area contributed by atoms with Crippen LogP contribution in [0.15, 0.2) is 17.8 Å². The summed E-state index contributed by atoms with van der Waals surface area (Å²) in [6, 6.07) is 0. The van der Waals surface area contributed by atoms with Crippen LogP contribution in [0.2, 0.25) is 0 Å². The Morgan fingerprint density at radius 3 is 2.81 bits per heavy atom. The third-order valence-corrected chi connectivity index (χ3v) is 4.12. The molecule has 2 amide bonds. The predicted octanol–water partition coefficient (Wildman–Crippen LogP) is 1.07. The number of nitrogens with zero attached hydrogens (tertiary/aromatic N) is 4. The SMILES string of the molecule is CC(=O)Nc1nc(C2CN(C(=O)c3cnn(C)c3)C2)cs1. The summed E-state index contributed by atoms with van der Waals surface area (Å²) in [6.45, 7) is 2.76. The predicted molar refractivity (Wildman–Crippen MR) is 78.3 cm³/mol. The second kappa shape index (κ2) is 5.28. The molecule has 0 unspecified atom stereocenters. The van der Waals surface area contributed by atoms with Crippen molar-refractivity contribution in [3.8, 4) is 0 Å². The van der Waals surface area contributed by atoms with Crippen molar-refractivity contribution in [2.24, 2.45) is 7.05 Å². The highest BCUT2D eigenvalue weighted by Crippen LogP contribution is 2.30. The molecule has 7 nitrogen and oxygen atoms in total. The molecule has 0 radical (unpaired) electrons. The molecule has 0 saturated carbocycles. The van der Waals surface area contributed by atoms with Crippen molar-refractivity contribution in [3.05, 3.63) is 29.0 Å². The minimum atomic E-state index is -0.127. The van der Waals surface area contributed by atoms with E-state index in [2.05, 4.69) is 15.4 Å². The van der Waals surface area contributed by atoms with E-state index in [1.54, 1.807) is 29.0 Å². The summed E-state index contributed by atoms with van der Waals surface area (Å²) >= 11 is 1.40. The quantitative estimate of drug-likeness (QED) is 0.920. The van der Waals surface area contributed by atoms with Gasteiger partial charge < -0.3 is 10.2 Å². The van der Waals surface area contributed by atoms with Gasteiger partial charge in [-0.05, 0) is 0 Å². The maximum absolute atomic E-state index is 12.2. The molecule has 3 rings (SSSR count). The lowest BCUT2D eigenvalue weighted by Crippen LogP contribution is -2.48. The van der Waals surface area contributed by atoms with Crippen LogP contribution in [0.3, 0.4) is 0 Å². The fourth-order valence-electron chi connectivity index (χ4n) is 2.23. The number of hydrogen-bond donors (Lipinski definition) is 1. The summed E-state index contributed by atoms with van der Waals surface area (Å²) < 4.78 is 1.62. The minimum absolute atomic E-state index is 0.00309. The fraction of sp³-hybridized carbons (Fsp3) is 0.385.